The van der Waals surface area contributed by atoms with Crippen LogP contribution in [0.4, 0.5) is 4.39 Å². The molecule has 0 spiro atoms. The van der Waals surface area contributed by atoms with Gasteiger partial charge in [-0.2, -0.15) is 0 Å². The zero-order valence-electron chi connectivity index (χ0n) is 17.1. The Balaban J connectivity index is 1.87. The number of ketones is 1. The van der Waals surface area contributed by atoms with Crippen molar-refractivity contribution in [2.75, 3.05) is 27.1 Å². The summed E-state index contributed by atoms with van der Waals surface area (Å²) in [6, 6.07) is 9.10. The Morgan fingerprint density at radius 3 is 2.20 bits per heavy atom. The molecule has 0 atom stereocenters. The molecule has 0 amide bonds. The van der Waals surface area contributed by atoms with E-state index >= 15 is 0 Å². The number of carbonyl (C=O) groups is 1. The molecule has 158 valence electrons. The van der Waals surface area contributed by atoms with Crippen LogP contribution in [0.1, 0.15) is 17.3 Å². The predicted octanol–water partition coefficient (Wildman–Crippen LogP) is 4.10. The van der Waals surface area contributed by atoms with Crippen molar-refractivity contribution in [3.8, 4) is 28.6 Å². The maximum atomic E-state index is 13.1. The number of nitrogens with zero attached hydrogens (tertiary/aromatic N) is 3. The normalized spacial score (nSPS) is 10.7. The minimum atomic E-state index is -0.375. The fourth-order valence-electron chi connectivity index (χ4n) is 2.95. The van der Waals surface area contributed by atoms with Gasteiger partial charge in [-0.15, -0.1) is 10.2 Å². The standard InChI is InChI=1S/C21H22FN3O4S/c1-5-25-20(14-10-17(27-2)19(29-4)18(11-14)28-3)23-24-21(25)30-12-16(26)13-6-8-15(22)9-7-13/h6-11H,5,12H2,1-4H3. The average Bonchev–Trinajstić information content (AvgIpc) is 3.19. The van der Waals surface area contributed by atoms with E-state index in [-0.39, 0.29) is 17.4 Å². The molecule has 30 heavy (non-hydrogen) atoms. The maximum Gasteiger partial charge on any atom is 0.203 e. The molecular formula is C21H22FN3O4S. The van der Waals surface area contributed by atoms with E-state index in [9.17, 15) is 9.18 Å². The summed E-state index contributed by atoms with van der Waals surface area (Å²) in [5.41, 5.74) is 1.20. The Morgan fingerprint density at radius 1 is 1.03 bits per heavy atom. The number of benzene rings is 2. The fraction of sp³-hybridized carbons (Fsp3) is 0.286. The van der Waals surface area contributed by atoms with Gasteiger partial charge in [0.2, 0.25) is 5.75 Å². The minimum absolute atomic E-state index is 0.111. The number of halogens is 1. The highest BCUT2D eigenvalue weighted by Gasteiger charge is 2.20. The number of rotatable bonds is 9. The van der Waals surface area contributed by atoms with Crippen LogP contribution in [-0.4, -0.2) is 47.6 Å². The summed E-state index contributed by atoms with van der Waals surface area (Å²) in [5, 5.41) is 9.16. The van der Waals surface area contributed by atoms with E-state index in [0.29, 0.717) is 40.3 Å². The minimum Gasteiger partial charge on any atom is -0.493 e. The Labute approximate surface area is 178 Å². The van der Waals surface area contributed by atoms with Gasteiger partial charge in [0.05, 0.1) is 27.1 Å². The van der Waals surface area contributed by atoms with Crippen molar-refractivity contribution in [3.05, 3.63) is 47.8 Å². The molecule has 1 aromatic heterocycles. The van der Waals surface area contributed by atoms with E-state index in [1.165, 1.54) is 36.0 Å². The lowest BCUT2D eigenvalue weighted by molar-refractivity contribution is 0.102. The van der Waals surface area contributed by atoms with E-state index in [4.69, 9.17) is 14.2 Å². The van der Waals surface area contributed by atoms with Gasteiger partial charge in [0.1, 0.15) is 5.82 Å². The molecule has 9 heteroatoms. The Hall–Kier alpha value is -3.07. The number of methoxy groups -OCH3 is 3. The van der Waals surface area contributed by atoms with Crippen molar-refractivity contribution in [3.63, 3.8) is 0 Å². The molecule has 0 unspecified atom stereocenters. The third-order valence-corrected chi connectivity index (χ3v) is 5.42. The Bertz CT molecular complexity index is 1010. The molecule has 0 aliphatic rings. The Kier molecular flexibility index (Phi) is 6.94. The molecule has 0 N–H and O–H groups in total. The third kappa shape index (κ3) is 4.40. The number of ether oxygens (including phenoxy) is 3. The van der Waals surface area contributed by atoms with Crippen molar-refractivity contribution >= 4 is 17.5 Å². The monoisotopic (exact) mass is 431 g/mol. The van der Waals surface area contributed by atoms with Crippen LogP contribution in [0.3, 0.4) is 0 Å². The highest BCUT2D eigenvalue weighted by Crippen LogP contribution is 2.41. The summed E-state index contributed by atoms with van der Waals surface area (Å²) in [5.74, 6) is 1.81. The van der Waals surface area contributed by atoms with Crippen LogP contribution in [0.15, 0.2) is 41.6 Å². The van der Waals surface area contributed by atoms with Crippen LogP contribution in [0.2, 0.25) is 0 Å². The molecular weight excluding hydrogens is 409 g/mol. The van der Waals surface area contributed by atoms with Crippen LogP contribution in [-0.2, 0) is 6.54 Å². The summed E-state index contributed by atoms with van der Waals surface area (Å²) in [6.07, 6.45) is 0. The second-order valence-electron chi connectivity index (χ2n) is 6.18. The van der Waals surface area contributed by atoms with Crippen LogP contribution in [0.5, 0.6) is 17.2 Å². The molecule has 0 fully saturated rings. The van der Waals surface area contributed by atoms with Crippen molar-refractivity contribution in [2.45, 2.75) is 18.6 Å². The average molecular weight is 431 g/mol. The molecule has 0 radical (unpaired) electrons. The summed E-state index contributed by atoms with van der Waals surface area (Å²) in [4.78, 5) is 12.4. The molecule has 0 saturated heterocycles. The van der Waals surface area contributed by atoms with Gasteiger partial charge in [-0.1, -0.05) is 11.8 Å². The summed E-state index contributed by atoms with van der Waals surface area (Å²) < 4.78 is 31.2. The SMILES string of the molecule is CCn1c(SCC(=O)c2ccc(F)cc2)nnc1-c1cc(OC)c(OC)c(OC)c1. The van der Waals surface area contributed by atoms with Crippen molar-refractivity contribution in [1.82, 2.24) is 14.8 Å². The van der Waals surface area contributed by atoms with Gasteiger partial charge in [-0.05, 0) is 43.3 Å². The lowest BCUT2D eigenvalue weighted by Gasteiger charge is -2.14. The van der Waals surface area contributed by atoms with Gasteiger partial charge >= 0.3 is 0 Å². The van der Waals surface area contributed by atoms with Crippen molar-refractivity contribution < 1.29 is 23.4 Å². The molecule has 0 bridgehead atoms. The zero-order chi connectivity index (χ0) is 21.7. The van der Waals surface area contributed by atoms with E-state index < -0.39 is 0 Å². The number of hydrogen-bond donors (Lipinski definition) is 0. The molecule has 0 saturated carbocycles. The lowest BCUT2D eigenvalue weighted by atomic mass is 10.1. The number of thioether (sulfide) groups is 1. The van der Waals surface area contributed by atoms with Gasteiger partial charge in [-0.25, -0.2) is 4.39 Å². The molecule has 7 nitrogen and oxygen atoms in total. The van der Waals surface area contributed by atoms with Crippen LogP contribution in [0, 0.1) is 5.82 Å². The van der Waals surface area contributed by atoms with Gasteiger partial charge < -0.3 is 18.8 Å². The van der Waals surface area contributed by atoms with Gasteiger partial charge in [-0.3, -0.25) is 4.79 Å². The van der Waals surface area contributed by atoms with Crippen LogP contribution >= 0.6 is 11.8 Å². The van der Waals surface area contributed by atoms with Gasteiger partial charge in [0.25, 0.3) is 0 Å². The quantitative estimate of drug-likeness (QED) is 0.373. The second-order valence-corrected chi connectivity index (χ2v) is 7.13. The molecule has 2 aromatic carbocycles. The molecule has 0 aliphatic carbocycles. The van der Waals surface area contributed by atoms with Crippen molar-refractivity contribution in [2.24, 2.45) is 0 Å². The number of carbonyl (C=O) groups excluding carboxylic acids is 1. The zero-order valence-corrected chi connectivity index (χ0v) is 18.0. The molecule has 3 aromatic rings. The highest BCUT2D eigenvalue weighted by atomic mass is 32.2. The number of aromatic nitrogens is 3. The first-order chi connectivity index (χ1) is 14.5. The fourth-order valence-corrected chi connectivity index (χ4v) is 3.85. The topological polar surface area (TPSA) is 75.5 Å². The summed E-state index contributed by atoms with van der Waals surface area (Å²) in [6.45, 7) is 2.57. The number of hydrogen-bond acceptors (Lipinski definition) is 7. The maximum absolute atomic E-state index is 13.1. The van der Waals surface area contributed by atoms with E-state index in [2.05, 4.69) is 10.2 Å². The van der Waals surface area contributed by atoms with E-state index in [1.54, 1.807) is 33.5 Å². The van der Waals surface area contributed by atoms with Crippen LogP contribution < -0.4 is 14.2 Å². The first-order valence-corrected chi connectivity index (χ1v) is 10.2. The van der Waals surface area contributed by atoms with Crippen molar-refractivity contribution in [1.29, 1.82) is 0 Å². The van der Waals surface area contributed by atoms with Gasteiger partial charge in [0, 0.05) is 17.7 Å². The molecule has 3 rings (SSSR count). The molecule has 1 heterocycles. The predicted molar refractivity (Wildman–Crippen MR) is 112 cm³/mol. The largest absolute Gasteiger partial charge is 0.493 e. The van der Waals surface area contributed by atoms with E-state index in [0.717, 1.165) is 5.56 Å². The van der Waals surface area contributed by atoms with Crippen LogP contribution in [0.25, 0.3) is 11.4 Å². The lowest BCUT2D eigenvalue weighted by Crippen LogP contribution is -2.05. The Morgan fingerprint density at radius 2 is 1.67 bits per heavy atom. The third-order valence-electron chi connectivity index (χ3n) is 4.45. The second kappa shape index (κ2) is 9.62. The van der Waals surface area contributed by atoms with Gasteiger partial charge in [0.15, 0.2) is 28.3 Å². The smallest absolute Gasteiger partial charge is 0.203 e. The van der Waals surface area contributed by atoms with E-state index in [1.807, 2.05) is 11.5 Å². The first-order valence-electron chi connectivity index (χ1n) is 9.17. The summed E-state index contributed by atoms with van der Waals surface area (Å²) >= 11 is 1.28. The summed E-state index contributed by atoms with van der Waals surface area (Å²) in [7, 11) is 4.64. The first kappa shape index (κ1) is 21.6. The molecule has 0 aliphatic heterocycles. The highest BCUT2D eigenvalue weighted by molar-refractivity contribution is 7.99. The number of Topliss-reactive ketones (excluding diaryl/α,β-unsaturated/α-hetero) is 1.